The highest BCUT2D eigenvalue weighted by molar-refractivity contribution is 5.92. The Hall–Kier alpha value is -2.37. The van der Waals surface area contributed by atoms with Crippen molar-refractivity contribution in [3.63, 3.8) is 0 Å². The van der Waals surface area contributed by atoms with Gasteiger partial charge >= 0.3 is 11.7 Å². The number of carbonyl (C=O) groups is 1. The molecule has 0 bridgehead atoms. The van der Waals surface area contributed by atoms with Gasteiger partial charge in [-0.2, -0.15) is 5.10 Å². The number of nitrogens with zero attached hydrogens (tertiary/aromatic N) is 2. The number of aromatic carboxylic acids is 1. The molecular formula is C10H9N3O3. The van der Waals surface area contributed by atoms with Crippen LogP contribution in [0.3, 0.4) is 0 Å². The Morgan fingerprint density at radius 1 is 1.50 bits per heavy atom. The van der Waals surface area contributed by atoms with Crippen molar-refractivity contribution in [3.8, 4) is 5.69 Å². The summed E-state index contributed by atoms with van der Waals surface area (Å²) >= 11 is 0. The highest BCUT2D eigenvalue weighted by atomic mass is 16.4. The van der Waals surface area contributed by atoms with Crippen LogP contribution in [-0.2, 0) is 0 Å². The largest absolute Gasteiger partial charge is 0.478 e. The van der Waals surface area contributed by atoms with Gasteiger partial charge in [0.05, 0.1) is 11.3 Å². The molecule has 1 aromatic heterocycles. The molecule has 16 heavy (non-hydrogen) atoms. The van der Waals surface area contributed by atoms with Crippen molar-refractivity contribution in [2.75, 3.05) is 0 Å². The van der Waals surface area contributed by atoms with Gasteiger partial charge in [0.15, 0.2) is 0 Å². The fourth-order valence-corrected chi connectivity index (χ4v) is 1.56. The molecule has 0 radical (unpaired) electrons. The van der Waals surface area contributed by atoms with E-state index < -0.39 is 11.7 Å². The van der Waals surface area contributed by atoms with Crippen LogP contribution in [0, 0.1) is 6.92 Å². The maximum absolute atomic E-state index is 11.4. The van der Waals surface area contributed by atoms with Crippen molar-refractivity contribution in [2.24, 2.45) is 0 Å². The summed E-state index contributed by atoms with van der Waals surface area (Å²) in [6.07, 6.45) is 1.26. The van der Waals surface area contributed by atoms with Crippen molar-refractivity contribution in [3.05, 3.63) is 46.1 Å². The van der Waals surface area contributed by atoms with Gasteiger partial charge in [-0.05, 0) is 18.6 Å². The fraction of sp³-hybridized carbons (Fsp3) is 0.100. The number of benzene rings is 1. The number of aromatic amines is 1. The Morgan fingerprint density at radius 2 is 2.25 bits per heavy atom. The summed E-state index contributed by atoms with van der Waals surface area (Å²) in [5, 5.41) is 14.8. The van der Waals surface area contributed by atoms with Crippen molar-refractivity contribution in [1.82, 2.24) is 14.8 Å². The number of hydrogen-bond acceptors (Lipinski definition) is 3. The number of para-hydroxylation sites is 1. The molecule has 0 unspecified atom stereocenters. The van der Waals surface area contributed by atoms with E-state index in [1.807, 2.05) is 0 Å². The summed E-state index contributed by atoms with van der Waals surface area (Å²) in [6, 6.07) is 4.82. The first-order chi connectivity index (χ1) is 7.61. The topological polar surface area (TPSA) is 88.0 Å². The van der Waals surface area contributed by atoms with Gasteiger partial charge in [0.25, 0.3) is 0 Å². The summed E-state index contributed by atoms with van der Waals surface area (Å²) in [7, 11) is 0. The van der Waals surface area contributed by atoms with Crippen LogP contribution in [0.15, 0.2) is 29.3 Å². The van der Waals surface area contributed by atoms with Gasteiger partial charge in [-0.3, -0.25) is 0 Å². The minimum atomic E-state index is -1.08. The van der Waals surface area contributed by atoms with Gasteiger partial charge in [-0.1, -0.05) is 12.1 Å². The van der Waals surface area contributed by atoms with Gasteiger partial charge in [0.1, 0.15) is 6.33 Å². The van der Waals surface area contributed by atoms with Gasteiger partial charge in [0.2, 0.25) is 0 Å². The van der Waals surface area contributed by atoms with Gasteiger partial charge in [0, 0.05) is 0 Å². The molecule has 2 N–H and O–H groups in total. The molecular weight excluding hydrogens is 210 g/mol. The monoisotopic (exact) mass is 219 g/mol. The lowest BCUT2D eigenvalue weighted by Crippen LogP contribution is -2.18. The van der Waals surface area contributed by atoms with Crippen LogP contribution in [-0.4, -0.2) is 25.8 Å². The van der Waals surface area contributed by atoms with E-state index in [-0.39, 0.29) is 5.56 Å². The van der Waals surface area contributed by atoms with Crippen molar-refractivity contribution >= 4 is 5.97 Å². The molecule has 0 aliphatic heterocycles. The first kappa shape index (κ1) is 10.2. The van der Waals surface area contributed by atoms with Gasteiger partial charge in [-0.15, -0.1) is 0 Å². The summed E-state index contributed by atoms with van der Waals surface area (Å²) in [5.74, 6) is -1.08. The second kappa shape index (κ2) is 3.65. The van der Waals surface area contributed by atoms with Crippen LogP contribution in [0.2, 0.25) is 0 Å². The molecule has 6 nitrogen and oxygen atoms in total. The number of hydrogen-bond donors (Lipinski definition) is 2. The standard InChI is InChI=1S/C10H9N3O3/c1-6-3-2-4-7(9(14)15)8(6)13-5-11-12-10(13)16/h2-5H,1H3,(H,12,16)(H,14,15). The van der Waals surface area contributed by atoms with Gasteiger partial charge < -0.3 is 5.11 Å². The molecule has 1 aromatic carbocycles. The third-order valence-electron chi connectivity index (χ3n) is 2.26. The zero-order valence-electron chi connectivity index (χ0n) is 8.47. The predicted molar refractivity (Wildman–Crippen MR) is 55.9 cm³/mol. The van der Waals surface area contributed by atoms with Crippen molar-refractivity contribution < 1.29 is 9.90 Å². The number of carboxylic acids is 1. The molecule has 82 valence electrons. The SMILES string of the molecule is Cc1cccc(C(=O)O)c1-n1cn[nH]c1=O. The summed E-state index contributed by atoms with van der Waals surface area (Å²) in [6.45, 7) is 1.74. The molecule has 0 fully saturated rings. The van der Waals surface area contributed by atoms with Crippen LogP contribution in [0.5, 0.6) is 0 Å². The highest BCUT2D eigenvalue weighted by Gasteiger charge is 2.15. The lowest BCUT2D eigenvalue weighted by molar-refractivity contribution is 0.0697. The van der Waals surface area contributed by atoms with Crippen molar-refractivity contribution in [2.45, 2.75) is 6.92 Å². The second-order valence-corrected chi connectivity index (χ2v) is 3.31. The van der Waals surface area contributed by atoms with Crippen LogP contribution in [0.1, 0.15) is 15.9 Å². The molecule has 0 aliphatic rings. The van der Waals surface area contributed by atoms with Gasteiger partial charge in [-0.25, -0.2) is 19.3 Å². The smallest absolute Gasteiger partial charge is 0.347 e. The molecule has 0 aliphatic carbocycles. The lowest BCUT2D eigenvalue weighted by atomic mass is 10.1. The normalized spacial score (nSPS) is 10.3. The van der Waals surface area contributed by atoms with Crippen LogP contribution < -0.4 is 5.69 Å². The van der Waals surface area contributed by atoms with E-state index in [2.05, 4.69) is 10.2 Å². The minimum Gasteiger partial charge on any atom is -0.478 e. The zero-order valence-corrected chi connectivity index (χ0v) is 8.47. The third kappa shape index (κ3) is 1.50. The van der Waals surface area contributed by atoms with E-state index in [4.69, 9.17) is 5.11 Å². The summed E-state index contributed by atoms with van der Waals surface area (Å²) in [5.41, 5.74) is 0.650. The Labute approximate surface area is 90.2 Å². The first-order valence-corrected chi connectivity index (χ1v) is 4.56. The number of H-pyrrole nitrogens is 1. The molecule has 2 rings (SSSR count). The average Bonchev–Trinajstić information content (AvgIpc) is 2.64. The van der Waals surface area contributed by atoms with E-state index in [1.54, 1.807) is 19.1 Å². The number of rotatable bonds is 2. The molecule has 0 amide bonds. The average molecular weight is 219 g/mol. The lowest BCUT2D eigenvalue weighted by Gasteiger charge is -2.08. The van der Waals surface area contributed by atoms with E-state index in [0.717, 1.165) is 0 Å². The Bertz CT molecular complexity index is 597. The molecule has 0 atom stereocenters. The maximum atomic E-state index is 11.4. The number of carboxylic acid groups (broad SMARTS) is 1. The third-order valence-corrected chi connectivity index (χ3v) is 2.26. The Kier molecular flexibility index (Phi) is 2.32. The zero-order chi connectivity index (χ0) is 11.7. The van der Waals surface area contributed by atoms with Crippen LogP contribution in [0.4, 0.5) is 0 Å². The number of aromatic nitrogens is 3. The maximum Gasteiger partial charge on any atom is 0.347 e. The second-order valence-electron chi connectivity index (χ2n) is 3.31. The molecule has 0 spiro atoms. The van der Waals surface area contributed by atoms with E-state index in [0.29, 0.717) is 11.3 Å². The molecule has 2 aromatic rings. The Morgan fingerprint density at radius 3 is 2.81 bits per heavy atom. The van der Waals surface area contributed by atoms with Crippen LogP contribution >= 0.6 is 0 Å². The molecule has 1 heterocycles. The molecule has 6 heteroatoms. The van der Waals surface area contributed by atoms with E-state index in [1.165, 1.54) is 17.0 Å². The minimum absolute atomic E-state index is 0.0727. The van der Waals surface area contributed by atoms with Crippen molar-refractivity contribution in [1.29, 1.82) is 0 Å². The first-order valence-electron chi connectivity index (χ1n) is 4.56. The molecule has 0 saturated carbocycles. The number of aryl methyl sites for hydroxylation is 1. The quantitative estimate of drug-likeness (QED) is 0.772. The molecule has 0 saturated heterocycles. The Balaban J connectivity index is 2.78. The predicted octanol–water partition coefficient (Wildman–Crippen LogP) is 0.567. The number of nitrogens with one attached hydrogen (secondary N) is 1. The van der Waals surface area contributed by atoms with E-state index >= 15 is 0 Å². The summed E-state index contributed by atoms with van der Waals surface area (Å²) < 4.78 is 1.18. The van der Waals surface area contributed by atoms with Crippen LogP contribution in [0.25, 0.3) is 5.69 Å². The highest BCUT2D eigenvalue weighted by Crippen LogP contribution is 2.17. The fourth-order valence-electron chi connectivity index (χ4n) is 1.56. The van der Waals surface area contributed by atoms with E-state index in [9.17, 15) is 9.59 Å². The summed E-state index contributed by atoms with van der Waals surface area (Å²) in [4.78, 5) is 22.4.